The third kappa shape index (κ3) is 3.90. The summed E-state index contributed by atoms with van der Waals surface area (Å²) >= 11 is 7.36. The van der Waals surface area contributed by atoms with Crippen molar-refractivity contribution in [3.63, 3.8) is 0 Å². The Hall–Kier alpha value is -1.79. The van der Waals surface area contributed by atoms with Crippen molar-refractivity contribution < 1.29 is 9.53 Å². The monoisotopic (exact) mass is 337 g/mol. The Morgan fingerprint density at radius 1 is 1.45 bits per heavy atom. The second-order valence-electron chi connectivity index (χ2n) is 4.42. The fourth-order valence-corrected chi connectivity index (χ4v) is 2.38. The number of rotatable bonds is 5. The molecule has 116 valence electrons. The molecule has 7 heteroatoms. The first-order valence-corrected chi connectivity index (χ1v) is 8.26. The first kappa shape index (κ1) is 16.6. The molecule has 0 aliphatic carbocycles. The Morgan fingerprint density at radius 2 is 2.23 bits per heavy atom. The van der Waals surface area contributed by atoms with E-state index in [0.29, 0.717) is 28.2 Å². The minimum Gasteiger partial charge on any atom is -0.462 e. The molecule has 5 nitrogen and oxygen atoms in total. The Kier molecular flexibility index (Phi) is 5.63. The zero-order valence-corrected chi connectivity index (χ0v) is 14.1. The number of halogens is 1. The summed E-state index contributed by atoms with van der Waals surface area (Å²) in [7, 11) is 0. The first-order chi connectivity index (χ1) is 10.5. The molecule has 0 spiro atoms. The lowest BCUT2D eigenvalue weighted by atomic mass is 10.2. The van der Waals surface area contributed by atoms with Gasteiger partial charge in [-0.25, -0.2) is 14.8 Å². The molecule has 1 aromatic heterocycles. The van der Waals surface area contributed by atoms with Gasteiger partial charge < -0.3 is 10.1 Å². The van der Waals surface area contributed by atoms with Crippen LogP contribution in [0, 0.1) is 6.92 Å². The van der Waals surface area contributed by atoms with Crippen LogP contribution in [0.1, 0.15) is 22.8 Å². The van der Waals surface area contributed by atoms with Crippen LogP contribution in [0.25, 0.3) is 0 Å². The molecule has 2 aromatic rings. The van der Waals surface area contributed by atoms with Crippen LogP contribution in [0.15, 0.2) is 29.6 Å². The maximum absolute atomic E-state index is 12.0. The van der Waals surface area contributed by atoms with Gasteiger partial charge in [0.05, 0.1) is 6.61 Å². The normalized spacial score (nSPS) is 10.4. The molecule has 1 aromatic carbocycles. The summed E-state index contributed by atoms with van der Waals surface area (Å²) in [4.78, 5) is 20.5. The van der Waals surface area contributed by atoms with Gasteiger partial charge in [0.2, 0.25) is 0 Å². The predicted molar refractivity (Wildman–Crippen MR) is 89.2 cm³/mol. The molecular formula is C15H16ClN3O2S. The third-order valence-corrected chi connectivity index (χ3v) is 3.68. The number of carbonyl (C=O) groups excluding carboxylic acids is 1. The van der Waals surface area contributed by atoms with E-state index < -0.39 is 5.97 Å². The molecule has 0 amide bonds. The van der Waals surface area contributed by atoms with Gasteiger partial charge in [0.15, 0.2) is 5.16 Å². The van der Waals surface area contributed by atoms with Crippen LogP contribution in [-0.4, -0.2) is 28.8 Å². The highest BCUT2D eigenvalue weighted by Gasteiger charge is 2.16. The lowest BCUT2D eigenvalue weighted by Gasteiger charge is -2.13. The minimum absolute atomic E-state index is 0.294. The number of hydrogen-bond donors (Lipinski definition) is 1. The van der Waals surface area contributed by atoms with E-state index in [1.165, 1.54) is 18.0 Å². The van der Waals surface area contributed by atoms with E-state index in [-0.39, 0.29) is 0 Å². The molecule has 0 atom stereocenters. The summed E-state index contributed by atoms with van der Waals surface area (Å²) in [6.45, 7) is 3.98. The molecule has 1 N–H and O–H groups in total. The van der Waals surface area contributed by atoms with Crippen LogP contribution < -0.4 is 5.32 Å². The molecule has 0 aliphatic rings. The highest BCUT2D eigenvalue weighted by Crippen LogP contribution is 2.26. The summed E-state index contributed by atoms with van der Waals surface area (Å²) in [5.41, 5.74) is 2.07. The van der Waals surface area contributed by atoms with Crippen LogP contribution in [0.2, 0.25) is 5.02 Å². The van der Waals surface area contributed by atoms with Crippen LogP contribution in [-0.2, 0) is 4.74 Å². The van der Waals surface area contributed by atoms with Crippen LogP contribution in [0.3, 0.4) is 0 Å². The molecule has 0 fully saturated rings. The van der Waals surface area contributed by atoms with E-state index in [2.05, 4.69) is 15.3 Å². The summed E-state index contributed by atoms with van der Waals surface area (Å²) < 4.78 is 5.04. The number of esters is 1. The number of thioether (sulfide) groups is 1. The zero-order valence-electron chi connectivity index (χ0n) is 12.5. The highest BCUT2D eigenvalue weighted by molar-refractivity contribution is 7.98. The van der Waals surface area contributed by atoms with Gasteiger partial charge in [-0.2, -0.15) is 0 Å². The van der Waals surface area contributed by atoms with Gasteiger partial charge in [-0.15, -0.1) is 0 Å². The summed E-state index contributed by atoms with van der Waals surface area (Å²) in [5, 5.41) is 4.38. The molecule has 0 bridgehead atoms. The second kappa shape index (κ2) is 7.47. The highest BCUT2D eigenvalue weighted by atomic mass is 35.5. The van der Waals surface area contributed by atoms with Crippen molar-refractivity contribution in [2.75, 3.05) is 18.2 Å². The standard InChI is InChI=1S/C15H16ClN3O2S/c1-4-21-14(20)11-8-17-15(22-3)19-13(11)18-12-6-5-10(16)7-9(12)2/h5-8H,4H2,1-3H3,(H,17,18,19). The number of nitrogens with one attached hydrogen (secondary N) is 1. The lowest BCUT2D eigenvalue weighted by molar-refractivity contribution is 0.0526. The quantitative estimate of drug-likeness (QED) is 0.504. The second-order valence-corrected chi connectivity index (χ2v) is 5.63. The largest absolute Gasteiger partial charge is 0.462 e. The number of benzene rings is 1. The Balaban J connectivity index is 2.40. The third-order valence-electron chi connectivity index (χ3n) is 2.89. The average Bonchev–Trinajstić information content (AvgIpc) is 2.50. The minimum atomic E-state index is -0.454. The van der Waals surface area contributed by atoms with Gasteiger partial charge in [-0.1, -0.05) is 23.4 Å². The Bertz CT molecular complexity index is 694. The number of nitrogens with zero attached hydrogens (tertiary/aromatic N) is 2. The molecule has 1 heterocycles. The van der Waals surface area contributed by atoms with Gasteiger partial charge in [0, 0.05) is 16.9 Å². The smallest absolute Gasteiger partial charge is 0.343 e. The van der Waals surface area contributed by atoms with Crippen molar-refractivity contribution in [1.82, 2.24) is 9.97 Å². The van der Waals surface area contributed by atoms with Gasteiger partial charge in [0.1, 0.15) is 11.4 Å². The van der Waals surface area contributed by atoms with Gasteiger partial charge >= 0.3 is 5.97 Å². The Labute approximate surface area is 138 Å². The van der Waals surface area contributed by atoms with E-state index in [4.69, 9.17) is 16.3 Å². The van der Waals surface area contributed by atoms with E-state index in [9.17, 15) is 4.79 Å². The van der Waals surface area contributed by atoms with Crippen LogP contribution in [0.4, 0.5) is 11.5 Å². The number of aryl methyl sites for hydroxylation is 1. The summed E-state index contributed by atoms with van der Waals surface area (Å²) in [5.74, 6) is -0.0347. The fourth-order valence-electron chi connectivity index (χ4n) is 1.81. The van der Waals surface area contributed by atoms with Crippen molar-refractivity contribution in [2.24, 2.45) is 0 Å². The maximum Gasteiger partial charge on any atom is 0.343 e. The molecule has 22 heavy (non-hydrogen) atoms. The zero-order chi connectivity index (χ0) is 16.1. The summed E-state index contributed by atoms with van der Waals surface area (Å²) in [6.07, 6.45) is 3.35. The van der Waals surface area contributed by atoms with Gasteiger partial charge in [0.25, 0.3) is 0 Å². The van der Waals surface area contributed by atoms with Gasteiger partial charge in [-0.05, 0) is 43.9 Å². The lowest BCUT2D eigenvalue weighted by Crippen LogP contribution is -2.11. The Morgan fingerprint density at radius 3 is 2.86 bits per heavy atom. The summed E-state index contributed by atoms with van der Waals surface area (Å²) in [6, 6.07) is 5.45. The first-order valence-electron chi connectivity index (χ1n) is 6.66. The van der Waals surface area contributed by atoms with Crippen molar-refractivity contribution >= 4 is 40.8 Å². The molecule has 0 saturated carbocycles. The molecule has 0 radical (unpaired) electrons. The number of anilines is 2. The van der Waals surface area contributed by atoms with Crippen molar-refractivity contribution in [3.05, 3.63) is 40.5 Å². The van der Waals surface area contributed by atoms with Crippen LogP contribution in [0.5, 0.6) is 0 Å². The van der Waals surface area contributed by atoms with E-state index in [1.807, 2.05) is 25.3 Å². The molecule has 0 aliphatic heterocycles. The fraction of sp³-hybridized carbons (Fsp3) is 0.267. The van der Waals surface area contributed by atoms with Gasteiger partial charge in [-0.3, -0.25) is 0 Å². The molecule has 2 rings (SSSR count). The average molecular weight is 338 g/mol. The molecule has 0 unspecified atom stereocenters. The predicted octanol–water partition coefficient (Wildman–Crippen LogP) is 4.08. The number of ether oxygens (including phenoxy) is 1. The van der Waals surface area contributed by atoms with E-state index in [1.54, 1.807) is 13.0 Å². The number of hydrogen-bond acceptors (Lipinski definition) is 6. The topological polar surface area (TPSA) is 64.1 Å². The van der Waals surface area contributed by atoms with E-state index in [0.717, 1.165) is 11.3 Å². The van der Waals surface area contributed by atoms with Crippen molar-refractivity contribution in [2.45, 2.75) is 19.0 Å². The number of aromatic nitrogens is 2. The SMILES string of the molecule is CCOC(=O)c1cnc(SC)nc1Nc1ccc(Cl)cc1C. The maximum atomic E-state index is 12.0. The molecule has 0 saturated heterocycles. The van der Waals surface area contributed by atoms with Crippen molar-refractivity contribution in [3.8, 4) is 0 Å². The van der Waals surface area contributed by atoms with Crippen LogP contribution >= 0.6 is 23.4 Å². The molecular weight excluding hydrogens is 322 g/mol. The van der Waals surface area contributed by atoms with Crippen molar-refractivity contribution in [1.29, 1.82) is 0 Å². The number of carbonyl (C=O) groups is 1. The van der Waals surface area contributed by atoms with E-state index >= 15 is 0 Å².